The molecule has 0 spiro atoms. The Morgan fingerprint density at radius 2 is 1.41 bits per heavy atom. The maximum atomic E-state index is 13.9. The van der Waals surface area contributed by atoms with E-state index in [4.69, 9.17) is 22.3 Å². The number of para-hydroxylation sites is 1. The van der Waals surface area contributed by atoms with Gasteiger partial charge in [0.2, 0.25) is 17.7 Å². The van der Waals surface area contributed by atoms with Gasteiger partial charge in [-0.15, -0.1) is 0 Å². The smallest absolute Gasteiger partial charge is 0.303 e. The summed E-state index contributed by atoms with van der Waals surface area (Å²) in [6, 6.07) is 15.6. The first-order valence-corrected chi connectivity index (χ1v) is 16.4. The number of benzene rings is 3. The van der Waals surface area contributed by atoms with Gasteiger partial charge < -0.3 is 43.2 Å². The van der Waals surface area contributed by atoms with Crippen molar-refractivity contribution < 1.29 is 34.3 Å². The van der Waals surface area contributed by atoms with Crippen molar-refractivity contribution in [3.63, 3.8) is 0 Å². The lowest BCUT2D eigenvalue weighted by Gasteiger charge is -2.26. The summed E-state index contributed by atoms with van der Waals surface area (Å²) in [5.74, 6) is -4.39. The van der Waals surface area contributed by atoms with E-state index >= 15 is 0 Å². The van der Waals surface area contributed by atoms with Gasteiger partial charge >= 0.3 is 5.97 Å². The largest absolute Gasteiger partial charge is 0.481 e. The standard InChI is InChI=1S/C35H43N9O7/c36-25(13-14-30(45)46)31(47)42-29(18-23-19-40-26-9-4-3-8-24(23)26)33(49)41-27(10-5-15-39-35(37)38)32(48)43-28(34(50)44-51)17-20-11-12-21-6-1-2-7-22(21)16-20/h1-4,6-9,11-12,16,19,25,27-29,40,51H,5,10,13-15,17-18,36H2,(H,41,49)(H,42,47)(H,43,48)(H,44,50)(H,45,46)(H4,37,38,39)/t25-,27-,28-,29-/m1/s1. The number of aromatic amines is 1. The number of carboxylic acids is 1. The number of hydrogen-bond donors (Lipinski definition) is 10. The number of hydroxylamine groups is 1. The highest BCUT2D eigenvalue weighted by atomic mass is 16.5. The molecule has 0 unspecified atom stereocenters. The molecule has 0 bridgehead atoms. The zero-order valence-corrected chi connectivity index (χ0v) is 27.8. The number of rotatable bonds is 18. The van der Waals surface area contributed by atoms with Crippen LogP contribution in [0, 0.1) is 0 Å². The Labute approximate surface area is 293 Å². The quantitative estimate of drug-likeness (QED) is 0.0223. The van der Waals surface area contributed by atoms with Crippen LogP contribution in [0.25, 0.3) is 21.7 Å². The van der Waals surface area contributed by atoms with Gasteiger partial charge in [0, 0.05) is 42.9 Å². The van der Waals surface area contributed by atoms with Crippen molar-refractivity contribution in [1.82, 2.24) is 26.4 Å². The molecule has 4 atom stereocenters. The van der Waals surface area contributed by atoms with Crippen molar-refractivity contribution in [1.29, 1.82) is 0 Å². The summed E-state index contributed by atoms with van der Waals surface area (Å²) in [5, 5.41) is 29.2. The van der Waals surface area contributed by atoms with Crippen LogP contribution in [0.5, 0.6) is 0 Å². The molecule has 4 amide bonds. The highest BCUT2D eigenvalue weighted by Crippen LogP contribution is 2.20. The fourth-order valence-electron chi connectivity index (χ4n) is 5.62. The molecule has 1 aromatic heterocycles. The molecule has 4 aromatic rings. The first-order chi connectivity index (χ1) is 24.4. The van der Waals surface area contributed by atoms with Crippen LogP contribution in [0.15, 0.2) is 77.9 Å². The SMILES string of the molecule is NC(N)=NCCC[C@@H](NC(=O)[C@@H](Cc1c[nH]c2ccccc12)NC(=O)[C@H](N)CCC(=O)O)C(=O)N[C@H](Cc1ccc2ccccc2c1)C(=O)NO. The maximum Gasteiger partial charge on any atom is 0.303 e. The normalized spacial score (nSPS) is 13.4. The molecule has 0 saturated carbocycles. The molecule has 16 heteroatoms. The average molecular weight is 702 g/mol. The molecule has 0 aliphatic heterocycles. The zero-order chi connectivity index (χ0) is 36.9. The second kappa shape index (κ2) is 18.1. The third kappa shape index (κ3) is 11.0. The minimum Gasteiger partial charge on any atom is -0.481 e. The number of aliphatic imine (C=N–C) groups is 1. The number of H-pyrrole nitrogens is 1. The van der Waals surface area contributed by atoms with Crippen LogP contribution in [0.3, 0.4) is 0 Å². The molecule has 0 radical (unpaired) electrons. The Bertz CT molecular complexity index is 1890. The lowest BCUT2D eigenvalue weighted by molar-refractivity contribution is -0.137. The van der Waals surface area contributed by atoms with E-state index in [0.29, 0.717) is 11.1 Å². The van der Waals surface area contributed by atoms with E-state index in [1.807, 2.05) is 60.7 Å². The number of hydrogen-bond acceptors (Lipinski definition) is 8. The Morgan fingerprint density at radius 3 is 2.14 bits per heavy atom. The van der Waals surface area contributed by atoms with Crippen LogP contribution in [0.4, 0.5) is 0 Å². The molecule has 4 rings (SSSR count). The van der Waals surface area contributed by atoms with Crippen molar-refractivity contribution in [2.24, 2.45) is 22.2 Å². The van der Waals surface area contributed by atoms with Crippen LogP contribution < -0.4 is 38.6 Å². The molecular formula is C35H43N9O7. The highest BCUT2D eigenvalue weighted by Gasteiger charge is 2.31. The minimum atomic E-state index is -1.24. The number of nitrogens with two attached hydrogens (primary N) is 3. The Hall–Kier alpha value is -6.00. The number of nitrogens with zero attached hydrogens (tertiary/aromatic N) is 1. The number of nitrogens with one attached hydrogen (secondary N) is 5. The number of carboxylic acid groups (broad SMARTS) is 1. The van der Waals surface area contributed by atoms with Gasteiger partial charge in [-0.1, -0.05) is 60.7 Å². The van der Waals surface area contributed by atoms with E-state index < -0.39 is 53.8 Å². The van der Waals surface area contributed by atoms with Gasteiger partial charge in [-0.2, -0.15) is 0 Å². The molecule has 13 N–H and O–H groups in total. The summed E-state index contributed by atoms with van der Waals surface area (Å²) < 4.78 is 0. The summed E-state index contributed by atoms with van der Waals surface area (Å²) in [5.41, 5.74) is 20.6. The predicted octanol–water partition coefficient (Wildman–Crippen LogP) is 0.312. The number of fused-ring (bicyclic) bond motifs is 2. The minimum absolute atomic E-state index is 0.00686. The Morgan fingerprint density at radius 1 is 0.765 bits per heavy atom. The van der Waals surface area contributed by atoms with E-state index in [1.54, 1.807) is 17.7 Å². The predicted molar refractivity (Wildman–Crippen MR) is 190 cm³/mol. The Balaban J connectivity index is 1.57. The average Bonchev–Trinajstić information content (AvgIpc) is 3.53. The summed E-state index contributed by atoms with van der Waals surface area (Å²) in [7, 11) is 0. The first-order valence-electron chi connectivity index (χ1n) is 16.4. The van der Waals surface area contributed by atoms with Gasteiger partial charge in [-0.25, -0.2) is 5.48 Å². The van der Waals surface area contributed by atoms with Crippen LogP contribution in [0.1, 0.15) is 36.8 Å². The monoisotopic (exact) mass is 701 g/mol. The van der Waals surface area contributed by atoms with Gasteiger partial charge in [-0.3, -0.25) is 34.2 Å². The van der Waals surface area contributed by atoms with Crippen molar-refractivity contribution in [2.75, 3.05) is 6.54 Å². The van der Waals surface area contributed by atoms with Crippen molar-refractivity contribution in [3.05, 3.63) is 84.1 Å². The Kier molecular flexibility index (Phi) is 13.4. The van der Waals surface area contributed by atoms with E-state index in [0.717, 1.165) is 21.7 Å². The molecule has 0 fully saturated rings. The molecule has 3 aromatic carbocycles. The van der Waals surface area contributed by atoms with E-state index in [9.17, 15) is 29.2 Å². The molecule has 270 valence electrons. The van der Waals surface area contributed by atoms with Gasteiger partial charge in [0.25, 0.3) is 5.91 Å². The number of aliphatic carboxylic acids is 1. The lowest BCUT2D eigenvalue weighted by Crippen LogP contribution is -2.58. The third-order valence-electron chi connectivity index (χ3n) is 8.31. The number of guanidine groups is 1. The van der Waals surface area contributed by atoms with Crippen molar-refractivity contribution >= 4 is 57.2 Å². The van der Waals surface area contributed by atoms with Crippen LogP contribution in [-0.4, -0.2) is 81.6 Å². The van der Waals surface area contributed by atoms with Crippen LogP contribution in [0.2, 0.25) is 0 Å². The molecule has 16 nitrogen and oxygen atoms in total. The second-order valence-corrected chi connectivity index (χ2v) is 12.1. The van der Waals surface area contributed by atoms with Gasteiger partial charge in [-0.05, 0) is 47.2 Å². The second-order valence-electron chi connectivity index (χ2n) is 12.1. The van der Waals surface area contributed by atoms with Gasteiger partial charge in [0.1, 0.15) is 18.1 Å². The fraction of sp³-hybridized carbons (Fsp3) is 0.314. The van der Waals surface area contributed by atoms with Gasteiger partial charge in [0.05, 0.1) is 6.04 Å². The lowest BCUT2D eigenvalue weighted by atomic mass is 10.00. The van der Waals surface area contributed by atoms with E-state index in [2.05, 4.69) is 25.9 Å². The maximum absolute atomic E-state index is 13.9. The summed E-state index contributed by atoms with van der Waals surface area (Å²) in [6.07, 6.45) is 1.47. The summed E-state index contributed by atoms with van der Waals surface area (Å²) in [4.78, 5) is 71.7. The fourth-order valence-corrected chi connectivity index (χ4v) is 5.62. The molecule has 0 aliphatic carbocycles. The molecule has 0 saturated heterocycles. The number of carbonyl (C=O) groups is 5. The van der Waals surface area contributed by atoms with Crippen molar-refractivity contribution in [3.8, 4) is 0 Å². The molecule has 0 aliphatic rings. The molecule has 1 heterocycles. The van der Waals surface area contributed by atoms with E-state index in [-0.39, 0.29) is 51.0 Å². The number of aromatic nitrogens is 1. The zero-order valence-electron chi connectivity index (χ0n) is 27.8. The summed E-state index contributed by atoms with van der Waals surface area (Å²) in [6.45, 7) is 0.133. The number of amides is 4. The van der Waals surface area contributed by atoms with Crippen LogP contribution in [-0.2, 0) is 36.8 Å². The molecular weight excluding hydrogens is 658 g/mol. The van der Waals surface area contributed by atoms with Crippen LogP contribution >= 0.6 is 0 Å². The third-order valence-corrected chi connectivity index (χ3v) is 8.31. The van der Waals surface area contributed by atoms with E-state index in [1.165, 1.54) is 0 Å². The van der Waals surface area contributed by atoms with Crippen molar-refractivity contribution in [2.45, 2.75) is 62.7 Å². The number of carbonyl (C=O) groups excluding carboxylic acids is 4. The highest BCUT2D eigenvalue weighted by molar-refractivity contribution is 5.95. The van der Waals surface area contributed by atoms with Gasteiger partial charge in [0.15, 0.2) is 5.96 Å². The molecule has 51 heavy (non-hydrogen) atoms. The topological polar surface area (TPSA) is 280 Å². The first kappa shape index (κ1) is 37.8. The summed E-state index contributed by atoms with van der Waals surface area (Å²) >= 11 is 0.